The van der Waals surface area contributed by atoms with E-state index in [-0.39, 0.29) is 11.9 Å². The molecule has 1 rings (SSSR count). The van der Waals surface area contributed by atoms with Gasteiger partial charge in [-0.3, -0.25) is 0 Å². The summed E-state index contributed by atoms with van der Waals surface area (Å²) in [5.41, 5.74) is 0. The maximum Gasteiger partial charge on any atom is 0.209 e. The highest BCUT2D eigenvalue weighted by molar-refractivity contribution is 8.00. The van der Waals surface area contributed by atoms with E-state index >= 15 is 0 Å². The number of nitrogens with zero attached hydrogens (tertiary/aromatic N) is 1. The van der Waals surface area contributed by atoms with Crippen molar-refractivity contribution in [3.05, 3.63) is 18.3 Å². The number of hydrogen-bond donors (Lipinski definition) is 1. The van der Waals surface area contributed by atoms with Crippen LogP contribution in [0.2, 0.25) is 0 Å². The average molecular weight is 276 g/mol. The lowest BCUT2D eigenvalue weighted by molar-refractivity contribution is 0.234. The lowest BCUT2D eigenvalue weighted by Crippen LogP contribution is -2.18. The zero-order chi connectivity index (χ0) is 12.9. The van der Waals surface area contributed by atoms with Gasteiger partial charge in [0.1, 0.15) is 5.03 Å². The smallest absolute Gasteiger partial charge is 0.209 e. The second-order valence-corrected chi connectivity index (χ2v) is 6.51. The Labute approximate surface area is 106 Å². The van der Waals surface area contributed by atoms with Crippen molar-refractivity contribution in [2.24, 2.45) is 5.14 Å². The molecular weight excluding hydrogens is 260 g/mol. The van der Waals surface area contributed by atoms with Crippen molar-refractivity contribution >= 4 is 21.8 Å². The summed E-state index contributed by atoms with van der Waals surface area (Å²) in [5.74, 6) is 0.960. The summed E-state index contributed by atoms with van der Waals surface area (Å²) in [6, 6.07) is 3.59. The van der Waals surface area contributed by atoms with Crippen LogP contribution in [-0.2, 0) is 10.0 Å². The van der Waals surface area contributed by atoms with E-state index in [1.54, 1.807) is 12.3 Å². The van der Waals surface area contributed by atoms with Crippen LogP contribution in [0.25, 0.3) is 0 Å². The van der Waals surface area contributed by atoms with Crippen molar-refractivity contribution < 1.29 is 13.2 Å². The fraction of sp³-hybridized carbons (Fsp3) is 0.500. The van der Waals surface area contributed by atoms with Gasteiger partial charge in [0.15, 0.2) is 5.75 Å². The van der Waals surface area contributed by atoms with Crippen molar-refractivity contribution in [2.45, 2.75) is 25.0 Å². The summed E-state index contributed by atoms with van der Waals surface area (Å²) in [6.07, 6.45) is 1.70. The van der Waals surface area contributed by atoms with Crippen LogP contribution in [0, 0.1) is 0 Å². The maximum absolute atomic E-state index is 10.8. The summed E-state index contributed by atoms with van der Waals surface area (Å²) in [6.45, 7) is 3.84. The highest BCUT2D eigenvalue weighted by Crippen LogP contribution is 2.27. The molecule has 0 aliphatic heterocycles. The van der Waals surface area contributed by atoms with Crippen molar-refractivity contribution in [1.29, 1.82) is 0 Å². The van der Waals surface area contributed by atoms with Gasteiger partial charge in [0.05, 0.1) is 11.9 Å². The molecule has 0 unspecified atom stereocenters. The van der Waals surface area contributed by atoms with Gasteiger partial charge in [-0.25, -0.2) is 18.5 Å². The van der Waals surface area contributed by atoms with Crippen molar-refractivity contribution in [3.8, 4) is 5.75 Å². The lowest BCUT2D eigenvalue weighted by atomic mass is 10.4. The fourth-order valence-electron chi connectivity index (χ4n) is 1.08. The zero-order valence-electron chi connectivity index (χ0n) is 9.79. The Bertz CT molecular complexity index is 460. The number of aromatic nitrogens is 1. The predicted molar refractivity (Wildman–Crippen MR) is 68.7 cm³/mol. The van der Waals surface area contributed by atoms with E-state index in [9.17, 15) is 8.42 Å². The van der Waals surface area contributed by atoms with Crippen molar-refractivity contribution in [1.82, 2.24) is 4.98 Å². The number of nitrogens with two attached hydrogens (primary N) is 1. The predicted octanol–water partition coefficient (Wildman–Crippen LogP) is 1.25. The quantitative estimate of drug-likeness (QED) is 0.791. The molecule has 0 fully saturated rings. The van der Waals surface area contributed by atoms with Crippen molar-refractivity contribution in [2.75, 3.05) is 11.5 Å². The van der Waals surface area contributed by atoms with Crippen LogP contribution in [-0.4, -0.2) is 31.0 Å². The monoisotopic (exact) mass is 276 g/mol. The molecule has 1 heterocycles. The summed E-state index contributed by atoms with van der Waals surface area (Å²) >= 11 is 1.32. The van der Waals surface area contributed by atoms with Crippen LogP contribution in [0.4, 0.5) is 0 Å². The van der Waals surface area contributed by atoms with Gasteiger partial charge < -0.3 is 4.74 Å². The lowest BCUT2D eigenvalue weighted by Gasteiger charge is -2.12. The molecular formula is C10H16N2O3S2. The van der Waals surface area contributed by atoms with E-state index in [1.807, 2.05) is 19.9 Å². The number of sulfonamides is 1. The molecule has 0 aliphatic rings. The standard InChI is InChI=1S/C10H16N2O3S2/c1-8(2)15-9-4-3-5-12-10(9)16-6-7-17(11,13)14/h3-5,8H,6-7H2,1-2H3,(H2,11,13,14). The minimum absolute atomic E-state index is 0.0526. The third-order valence-corrected chi connectivity index (χ3v) is 3.73. The van der Waals surface area contributed by atoms with Crippen LogP contribution in [0.5, 0.6) is 5.75 Å². The summed E-state index contributed by atoms with van der Waals surface area (Å²) < 4.78 is 27.2. The molecule has 0 atom stereocenters. The molecule has 2 N–H and O–H groups in total. The molecule has 1 aromatic rings. The topological polar surface area (TPSA) is 82.3 Å². The first-order valence-corrected chi connectivity index (χ1v) is 7.83. The molecule has 0 amide bonds. The van der Waals surface area contributed by atoms with E-state index in [1.165, 1.54) is 11.8 Å². The molecule has 0 radical (unpaired) electrons. The van der Waals surface area contributed by atoms with Gasteiger partial charge in [0.2, 0.25) is 10.0 Å². The fourth-order valence-corrected chi connectivity index (χ4v) is 2.93. The molecule has 0 bridgehead atoms. The van der Waals surface area contributed by atoms with Gasteiger partial charge in [0.25, 0.3) is 0 Å². The maximum atomic E-state index is 10.8. The van der Waals surface area contributed by atoms with E-state index < -0.39 is 10.0 Å². The van der Waals surface area contributed by atoms with Crippen molar-refractivity contribution in [3.63, 3.8) is 0 Å². The minimum Gasteiger partial charge on any atom is -0.488 e. The van der Waals surface area contributed by atoms with Gasteiger partial charge in [-0.15, -0.1) is 11.8 Å². The average Bonchev–Trinajstić information content (AvgIpc) is 2.18. The van der Waals surface area contributed by atoms with E-state index in [2.05, 4.69) is 4.98 Å². The Hall–Kier alpha value is -0.790. The number of pyridine rings is 1. The van der Waals surface area contributed by atoms with Gasteiger partial charge in [-0.05, 0) is 26.0 Å². The Morgan fingerprint density at radius 3 is 2.82 bits per heavy atom. The van der Waals surface area contributed by atoms with Crippen LogP contribution in [0.1, 0.15) is 13.8 Å². The Kier molecular flexibility index (Phi) is 5.23. The number of rotatable bonds is 6. The summed E-state index contributed by atoms with van der Waals surface area (Å²) in [7, 11) is -3.42. The Balaban J connectivity index is 2.64. The highest BCUT2D eigenvalue weighted by Gasteiger charge is 2.09. The number of ether oxygens (including phenoxy) is 1. The second-order valence-electron chi connectivity index (χ2n) is 3.69. The normalized spacial score (nSPS) is 11.8. The van der Waals surface area contributed by atoms with Crippen LogP contribution in [0.15, 0.2) is 23.4 Å². The van der Waals surface area contributed by atoms with Gasteiger partial charge in [-0.2, -0.15) is 0 Å². The third-order valence-electron chi connectivity index (χ3n) is 1.71. The molecule has 0 saturated heterocycles. The Morgan fingerprint density at radius 2 is 2.24 bits per heavy atom. The first kappa shape index (κ1) is 14.3. The summed E-state index contributed by atoms with van der Waals surface area (Å²) in [4.78, 5) is 4.15. The van der Waals surface area contributed by atoms with Crippen LogP contribution >= 0.6 is 11.8 Å². The first-order chi connectivity index (χ1) is 7.88. The minimum atomic E-state index is -3.42. The first-order valence-electron chi connectivity index (χ1n) is 5.13. The van der Waals surface area contributed by atoms with Gasteiger partial charge in [0, 0.05) is 11.9 Å². The third kappa shape index (κ3) is 5.90. The molecule has 17 heavy (non-hydrogen) atoms. The van der Waals surface area contributed by atoms with E-state index in [4.69, 9.17) is 9.88 Å². The SMILES string of the molecule is CC(C)Oc1cccnc1SCCS(N)(=O)=O. The molecule has 5 nitrogen and oxygen atoms in total. The van der Waals surface area contributed by atoms with Crippen LogP contribution in [0.3, 0.4) is 0 Å². The van der Waals surface area contributed by atoms with E-state index in [0.717, 1.165) is 0 Å². The molecule has 1 aromatic heterocycles. The molecule has 0 aliphatic carbocycles. The molecule has 0 saturated carbocycles. The number of primary sulfonamides is 1. The summed E-state index contributed by atoms with van der Waals surface area (Å²) in [5, 5.41) is 5.61. The van der Waals surface area contributed by atoms with E-state index in [0.29, 0.717) is 16.5 Å². The Morgan fingerprint density at radius 1 is 1.53 bits per heavy atom. The molecule has 96 valence electrons. The molecule has 0 spiro atoms. The second kappa shape index (κ2) is 6.23. The van der Waals surface area contributed by atoms with Gasteiger partial charge in [-0.1, -0.05) is 0 Å². The molecule has 7 heteroatoms. The van der Waals surface area contributed by atoms with Crippen LogP contribution < -0.4 is 9.88 Å². The largest absolute Gasteiger partial charge is 0.488 e. The highest BCUT2D eigenvalue weighted by atomic mass is 32.2. The van der Waals surface area contributed by atoms with Gasteiger partial charge >= 0.3 is 0 Å². The number of thioether (sulfide) groups is 1. The number of hydrogen-bond acceptors (Lipinski definition) is 5. The zero-order valence-corrected chi connectivity index (χ0v) is 11.4. The molecule has 0 aromatic carbocycles.